The molecule has 1 aromatic rings. The van der Waals surface area contributed by atoms with Gasteiger partial charge in [-0.15, -0.1) is 0 Å². The van der Waals surface area contributed by atoms with Gasteiger partial charge in [-0.1, -0.05) is 0 Å². The second-order valence-electron chi connectivity index (χ2n) is 4.10. The molecule has 0 radical (unpaired) electrons. The molecule has 1 aliphatic heterocycles. The number of carbonyl (C=O) groups is 1. The van der Waals surface area contributed by atoms with E-state index in [9.17, 15) is 13.6 Å². The lowest BCUT2D eigenvalue weighted by atomic mass is 9.75. The SMILES string of the molecule is NC(c1cc(F)ccc1F)C1(C(=O)O)COC1. The van der Waals surface area contributed by atoms with Gasteiger partial charge in [0.2, 0.25) is 0 Å². The van der Waals surface area contributed by atoms with Crippen molar-refractivity contribution >= 4 is 5.97 Å². The Labute approximate surface area is 96.0 Å². The largest absolute Gasteiger partial charge is 0.481 e. The third kappa shape index (κ3) is 1.79. The highest BCUT2D eigenvalue weighted by molar-refractivity contribution is 5.77. The van der Waals surface area contributed by atoms with Crippen molar-refractivity contribution in [3.63, 3.8) is 0 Å². The Bertz CT molecular complexity index is 460. The van der Waals surface area contributed by atoms with Crippen molar-refractivity contribution in [1.29, 1.82) is 0 Å². The smallest absolute Gasteiger partial charge is 0.316 e. The monoisotopic (exact) mass is 243 g/mol. The topological polar surface area (TPSA) is 72.6 Å². The van der Waals surface area contributed by atoms with Crippen LogP contribution in [0.5, 0.6) is 0 Å². The van der Waals surface area contributed by atoms with Gasteiger partial charge >= 0.3 is 5.97 Å². The average Bonchev–Trinajstić information content (AvgIpc) is 2.19. The van der Waals surface area contributed by atoms with Crippen LogP contribution in [0, 0.1) is 17.0 Å². The number of rotatable bonds is 3. The molecule has 0 amide bonds. The van der Waals surface area contributed by atoms with Crippen LogP contribution in [-0.2, 0) is 9.53 Å². The van der Waals surface area contributed by atoms with E-state index >= 15 is 0 Å². The molecule has 1 aliphatic rings. The van der Waals surface area contributed by atoms with Crippen LogP contribution in [0.15, 0.2) is 18.2 Å². The van der Waals surface area contributed by atoms with Gasteiger partial charge in [-0.25, -0.2) is 8.78 Å². The maximum atomic E-state index is 13.5. The minimum atomic E-state index is -1.37. The van der Waals surface area contributed by atoms with Crippen LogP contribution >= 0.6 is 0 Å². The van der Waals surface area contributed by atoms with Crippen LogP contribution in [0.3, 0.4) is 0 Å². The minimum Gasteiger partial charge on any atom is -0.481 e. The fourth-order valence-electron chi connectivity index (χ4n) is 1.81. The molecule has 17 heavy (non-hydrogen) atoms. The molecule has 6 heteroatoms. The second-order valence-corrected chi connectivity index (χ2v) is 4.10. The molecule has 0 saturated carbocycles. The number of aliphatic carboxylic acids is 1. The van der Waals surface area contributed by atoms with E-state index in [2.05, 4.69) is 0 Å². The molecular weight excluding hydrogens is 232 g/mol. The highest BCUT2D eigenvalue weighted by atomic mass is 19.1. The van der Waals surface area contributed by atoms with Gasteiger partial charge in [0, 0.05) is 5.56 Å². The first-order chi connectivity index (χ1) is 7.97. The molecule has 0 bridgehead atoms. The summed E-state index contributed by atoms with van der Waals surface area (Å²) in [5.74, 6) is -2.54. The molecule has 1 aromatic carbocycles. The molecule has 1 atom stereocenters. The first kappa shape index (κ1) is 11.9. The molecule has 1 heterocycles. The van der Waals surface area contributed by atoms with Crippen LogP contribution in [0.4, 0.5) is 8.78 Å². The number of hydrogen-bond donors (Lipinski definition) is 2. The zero-order valence-corrected chi connectivity index (χ0v) is 8.82. The van der Waals surface area contributed by atoms with Gasteiger partial charge in [0.15, 0.2) is 0 Å². The molecule has 0 aliphatic carbocycles. The fraction of sp³-hybridized carbons (Fsp3) is 0.364. The Morgan fingerprint density at radius 1 is 1.47 bits per heavy atom. The zero-order valence-electron chi connectivity index (χ0n) is 8.82. The standard InChI is InChI=1S/C11H11F2NO3/c12-6-1-2-8(13)7(3-6)9(14)11(10(15)16)4-17-5-11/h1-3,9H,4-5,14H2,(H,15,16). The lowest BCUT2D eigenvalue weighted by Gasteiger charge is -2.41. The van der Waals surface area contributed by atoms with E-state index in [0.29, 0.717) is 0 Å². The first-order valence-corrected chi connectivity index (χ1v) is 4.99. The van der Waals surface area contributed by atoms with Gasteiger partial charge < -0.3 is 15.6 Å². The van der Waals surface area contributed by atoms with E-state index < -0.39 is 29.1 Å². The number of carboxylic acid groups (broad SMARTS) is 1. The summed E-state index contributed by atoms with van der Waals surface area (Å²) in [6.45, 7) is -0.196. The molecule has 0 aromatic heterocycles. The third-order valence-electron chi connectivity index (χ3n) is 3.03. The Balaban J connectivity index is 2.39. The Kier molecular flexibility index (Phi) is 2.84. The van der Waals surface area contributed by atoms with Crippen molar-refractivity contribution in [3.05, 3.63) is 35.4 Å². The van der Waals surface area contributed by atoms with Gasteiger partial charge in [-0.05, 0) is 18.2 Å². The molecule has 0 spiro atoms. The van der Waals surface area contributed by atoms with Crippen LogP contribution in [0.2, 0.25) is 0 Å². The number of benzene rings is 1. The van der Waals surface area contributed by atoms with Crippen molar-refractivity contribution in [1.82, 2.24) is 0 Å². The summed E-state index contributed by atoms with van der Waals surface area (Å²) in [4.78, 5) is 11.1. The molecule has 1 saturated heterocycles. The van der Waals surface area contributed by atoms with Gasteiger partial charge in [0.25, 0.3) is 0 Å². The van der Waals surface area contributed by atoms with Crippen LogP contribution in [-0.4, -0.2) is 24.3 Å². The summed E-state index contributed by atoms with van der Waals surface area (Å²) in [7, 11) is 0. The van der Waals surface area contributed by atoms with Gasteiger partial charge in [0.05, 0.1) is 19.3 Å². The normalized spacial score (nSPS) is 19.5. The number of nitrogens with two attached hydrogens (primary N) is 1. The molecule has 2 rings (SSSR count). The summed E-state index contributed by atoms with van der Waals surface area (Å²) < 4.78 is 31.3. The molecule has 3 N–H and O–H groups in total. The number of carboxylic acids is 1. The van der Waals surface area contributed by atoms with Crippen molar-refractivity contribution in [3.8, 4) is 0 Å². The maximum Gasteiger partial charge on any atom is 0.316 e. The van der Waals surface area contributed by atoms with Gasteiger partial charge in [-0.3, -0.25) is 4.79 Å². The van der Waals surface area contributed by atoms with Crippen molar-refractivity contribution in [2.75, 3.05) is 13.2 Å². The number of halogens is 2. The summed E-state index contributed by atoms with van der Waals surface area (Å²) in [6, 6.07) is 1.67. The van der Waals surface area contributed by atoms with E-state index in [4.69, 9.17) is 15.6 Å². The number of hydrogen-bond acceptors (Lipinski definition) is 3. The van der Waals surface area contributed by atoms with Gasteiger partial charge in [-0.2, -0.15) is 0 Å². The summed E-state index contributed by atoms with van der Waals surface area (Å²) in [5.41, 5.74) is 4.23. The van der Waals surface area contributed by atoms with Crippen LogP contribution < -0.4 is 5.73 Å². The van der Waals surface area contributed by atoms with Crippen LogP contribution in [0.25, 0.3) is 0 Å². The molecule has 1 unspecified atom stereocenters. The van der Waals surface area contributed by atoms with Crippen molar-refractivity contribution < 1.29 is 23.4 Å². The van der Waals surface area contributed by atoms with E-state index in [1.165, 1.54) is 0 Å². The Morgan fingerprint density at radius 3 is 2.59 bits per heavy atom. The molecule has 1 fully saturated rings. The van der Waals surface area contributed by atoms with Gasteiger partial charge in [0.1, 0.15) is 17.0 Å². The lowest BCUT2D eigenvalue weighted by Crippen LogP contribution is -2.55. The zero-order chi connectivity index (χ0) is 12.6. The summed E-state index contributed by atoms with van der Waals surface area (Å²) in [5, 5.41) is 9.10. The quantitative estimate of drug-likeness (QED) is 0.832. The minimum absolute atomic E-state index is 0.0978. The lowest BCUT2D eigenvalue weighted by molar-refractivity contribution is -0.184. The van der Waals surface area contributed by atoms with Crippen LogP contribution in [0.1, 0.15) is 11.6 Å². The first-order valence-electron chi connectivity index (χ1n) is 4.99. The van der Waals surface area contributed by atoms with E-state index in [-0.39, 0.29) is 18.8 Å². The van der Waals surface area contributed by atoms with E-state index in [0.717, 1.165) is 18.2 Å². The number of ether oxygens (including phenoxy) is 1. The average molecular weight is 243 g/mol. The summed E-state index contributed by atoms with van der Waals surface area (Å²) in [6.07, 6.45) is 0. The van der Waals surface area contributed by atoms with E-state index in [1.54, 1.807) is 0 Å². The molecular formula is C11H11F2NO3. The molecule has 92 valence electrons. The predicted molar refractivity (Wildman–Crippen MR) is 54.2 cm³/mol. The predicted octanol–water partition coefficient (Wildman–Crippen LogP) is 1.07. The maximum absolute atomic E-state index is 13.5. The molecule has 4 nitrogen and oxygen atoms in total. The Hall–Kier alpha value is -1.53. The highest BCUT2D eigenvalue weighted by Crippen LogP contribution is 2.40. The van der Waals surface area contributed by atoms with Crippen molar-refractivity contribution in [2.24, 2.45) is 11.1 Å². The van der Waals surface area contributed by atoms with E-state index in [1.807, 2.05) is 0 Å². The third-order valence-corrected chi connectivity index (χ3v) is 3.03. The highest BCUT2D eigenvalue weighted by Gasteiger charge is 2.52. The second kappa shape index (κ2) is 4.05. The summed E-state index contributed by atoms with van der Waals surface area (Å²) >= 11 is 0. The fourth-order valence-corrected chi connectivity index (χ4v) is 1.81. The van der Waals surface area contributed by atoms with Crippen molar-refractivity contribution in [2.45, 2.75) is 6.04 Å². The Morgan fingerprint density at radius 2 is 2.12 bits per heavy atom.